The number of ether oxygens (including phenoxy) is 1. The number of benzene rings is 1. The topological polar surface area (TPSA) is 85.6 Å². The molecule has 138 valence electrons. The van der Waals surface area contributed by atoms with Crippen LogP contribution in [0, 0.1) is 5.92 Å². The molecule has 1 amide bonds. The molecule has 7 heteroatoms. The maximum absolute atomic E-state index is 12.1. The Morgan fingerprint density at radius 2 is 1.96 bits per heavy atom. The first-order chi connectivity index (χ1) is 12.5. The highest BCUT2D eigenvalue weighted by atomic mass is 35.5. The van der Waals surface area contributed by atoms with E-state index < -0.39 is 18.0 Å². The Labute approximate surface area is 155 Å². The van der Waals surface area contributed by atoms with E-state index in [9.17, 15) is 14.4 Å². The van der Waals surface area contributed by atoms with Gasteiger partial charge in [0.05, 0.1) is 5.39 Å². The summed E-state index contributed by atoms with van der Waals surface area (Å²) < 4.78 is 10.3. The Bertz CT molecular complexity index is 870. The van der Waals surface area contributed by atoms with E-state index in [1.807, 2.05) is 0 Å². The van der Waals surface area contributed by atoms with E-state index in [1.165, 1.54) is 31.4 Å². The van der Waals surface area contributed by atoms with E-state index in [2.05, 4.69) is 5.32 Å². The van der Waals surface area contributed by atoms with Crippen LogP contribution in [0.2, 0.25) is 5.02 Å². The largest absolute Gasteiger partial charge is 0.450 e. The van der Waals surface area contributed by atoms with Gasteiger partial charge >= 0.3 is 5.97 Å². The molecule has 0 radical (unpaired) electrons. The fraction of sp³-hybridized carbons (Fsp3) is 0.421. The van der Waals surface area contributed by atoms with E-state index in [0.717, 1.165) is 18.9 Å². The summed E-state index contributed by atoms with van der Waals surface area (Å²) in [5.74, 6) is -0.968. The standard InChI is InChI=1S/C19H20ClNO5/c20-13-6-7-16-14(8-13)15(22)9-17(26-16)19(24)25-11-18(23)21-10-12-4-2-1-3-5-12/h6-9,12H,1-5,10-11H2,(H,21,23). The first kappa shape index (κ1) is 18.5. The van der Waals surface area contributed by atoms with Crippen molar-refractivity contribution >= 4 is 34.4 Å². The maximum atomic E-state index is 12.1. The van der Waals surface area contributed by atoms with Crippen molar-refractivity contribution in [2.45, 2.75) is 32.1 Å². The molecule has 0 atom stereocenters. The predicted octanol–water partition coefficient (Wildman–Crippen LogP) is 3.30. The van der Waals surface area contributed by atoms with Gasteiger partial charge in [-0.3, -0.25) is 9.59 Å². The van der Waals surface area contributed by atoms with Crippen LogP contribution < -0.4 is 10.7 Å². The molecule has 26 heavy (non-hydrogen) atoms. The summed E-state index contributed by atoms with van der Waals surface area (Å²) >= 11 is 5.85. The van der Waals surface area contributed by atoms with Crippen molar-refractivity contribution in [1.29, 1.82) is 0 Å². The lowest BCUT2D eigenvalue weighted by Gasteiger charge is -2.21. The van der Waals surface area contributed by atoms with Crippen LogP contribution in [0.5, 0.6) is 0 Å². The van der Waals surface area contributed by atoms with Gasteiger partial charge in [-0.1, -0.05) is 30.9 Å². The Morgan fingerprint density at radius 1 is 1.19 bits per heavy atom. The lowest BCUT2D eigenvalue weighted by atomic mass is 9.89. The Morgan fingerprint density at radius 3 is 2.73 bits per heavy atom. The maximum Gasteiger partial charge on any atom is 0.374 e. The summed E-state index contributed by atoms with van der Waals surface area (Å²) in [5.41, 5.74) is -0.168. The lowest BCUT2D eigenvalue weighted by molar-refractivity contribution is -0.124. The second kappa shape index (κ2) is 8.36. The van der Waals surface area contributed by atoms with Crippen molar-refractivity contribution in [1.82, 2.24) is 5.32 Å². The van der Waals surface area contributed by atoms with Gasteiger partial charge in [0, 0.05) is 17.6 Å². The zero-order chi connectivity index (χ0) is 18.5. The van der Waals surface area contributed by atoms with Crippen LogP contribution in [0.3, 0.4) is 0 Å². The molecule has 1 aliphatic rings. The van der Waals surface area contributed by atoms with Gasteiger partial charge in [-0.2, -0.15) is 0 Å². The number of nitrogens with one attached hydrogen (secondary N) is 1. The molecule has 2 aromatic rings. The predicted molar refractivity (Wildman–Crippen MR) is 97.4 cm³/mol. The fourth-order valence-corrected chi connectivity index (χ4v) is 3.30. The number of hydrogen-bond acceptors (Lipinski definition) is 5. The fourth-order valence-electron chi connectivity index (χ4n) is 3.13. The number of hydrogen-bond donors (Lipinski definition) is 1. The third kappa shape index (κ3) is 4.64. The first-order valence-corrected chi connectivity index (χ1v) is 9.08. The lowest BCUT2D eigenvalue weighted by Crippen LogP contribution is -2.33. The second-order valence-electron chi connectivity index (χ2n) is 6.50. The van der Waals surface area contributed by atoms with E-state index in [-0.39, 0.29) is 22.6 Å². The van der Waals surface area contributed by atoms with Crippen LogP contribution in [0.15, 0.2) is 33.5 Å². The van der Waals surface area contributed by atoms with Crippen molar-refractivity contribution in [3.63, 3.8) is 0 Å². The molecule has 0 aliphatic heterocycles. The Hall–Kier alpha value is -2.34. The van der Waals surface area contributed by atoms with Crippen molar-refractivity contribution in [2.75, 3.05) is 13.2 Å². The third-order valence-corrected chi connectivity index (χ3v) is 4.77. The first-order valence-electron chi connectivity index (χ1n) is 8.70. The molecule has 3 rings (SSSR count). The van der Waals surface area contributed by atoms with E-state index in [0.29, 0.717) is 17.5 Å². The van der Waals surface area contributed by atoms with Gasteiger partial charge in [0.15, 0.2) is 12.0 Å². The number of halogens is 1. The number of amides is 1. The highest BCUT2D eigenvalue weighted by molar-refractivity contribution is 6.31. The van der Waals surface area contributed by atoms with Crippen molar-refractivity contribution in [3.05, 3.63) is 45.3 Å². The van der Waals surface area contributed by atoms with E-state index >= 15 is 0 Å². The van der Waals surface area contributed by atoms with Crippen LogP contribution in [-0.4, -0.2) is 25.0 Å². The van der Waals surface area contributed by atoms with E-state index in [1.54, 1.807) is 6.07 Å². The van der Waals surface area contributed by atoms with Gasteiger partial charge in [-0.25, -0.2) is 4.79 Å². The molecule has 1 aromatic carbocycles. The summed E-state index contributed by atoms with van der Waals surface area (Å²) in [6.45, 7) is 0.191. The minimum atomic E-state index is -0.855. The van der Waals surface area contributed by atoms with Gasteiger partial charge in [0.2, 0.25) is 5.76 Å². The molecular formula is C19H20ClNO5. The molecule has 0 bridgehead atoms. The number of carbonyl (C=O) groups is 2. The SMILES string of the molecule is O=C(COC(=O)c1cc(=O)c2cc(Cl)ccc2o1)NCC1CCCCC1. The molecule has 0 unspecified atom stereocenters. The molecule has 1 N–H and O–H groups in total. The average molecular weight is 378 g/mol. The third-order valence-electron chi connectivity index (χ3n) is 4.54. The zero-order valence-electron chi connectivity index (χ0n) is 14.3. The van der Waals surface area contributed by atoms with E-state index in [4.69, 9.17) is 20.8 Å². The number of rotatable bonds is 5. The Kier molecular flexibility index (Phi) is 5.93. The molecular weight excluding hydrogens is 358 g/mol. The Balaban J connectivity index is 1.56. The molecule has 6 nitrogen and oxygen atoms in total. The second-order valence-corrected chi connectivity index (χ2v) is 6.94. The van der Waals surface area contributed by atoms with Gasteiger partial charge in [0.25, 0.3) is 5.91 Å². The van der Waals surface area contributed by atoms with Crippen LogP contribution in [0.25, 0.3) is 11.0 Å². The molecule has 1 aromatic heterocycles. The zero-order valence-corrected chi connectivity index (χ0v) is 15.0. The van der Waals surface area contributed by atoms with Gasteiger partial charge in [-0.05, 0) is 37.0 Å². The summed E-state index contributed by atoms with van der Waals surface area (Å²) in [5, 5.41) is 3.46. The minimum Gasteiger partial charge on any atom is -0.450 e. The summed E-state index contributed by atoms with van der Waals surface area (Å²) in [6, 6.07) is 5.57. The van der Waals surface area contributed by atoms with Crippen molar-refractivity contribution < 1.29 is 18.7 Å². The van der Waals surface area contributed by atoms with Crippen LogP contribution in [0.4, 0.5) is 0 Å². The molecule has 1 aliphatic carbocycles. The normalized spacial score (nSPS) is 15.0. The van der Waals surface area contributed by atoms with Gasteiger partial charge in [-0.15, -0.1) is 0 Å². The average Bonchev–Trinajstić information content (AvgIpc) is 2.65. The smallest absolute Gasteiger partial charge is 0.374 e. The molecule has 1 saturated carbocycles. The monoisotopic (exact) mass is 377 g/mol. The summed E-state index contributed by atoms with van der Waals surface area (Å²) in [4.78, 5) is 36.0. The number of fused-ring (bicyclic) bond motifs is 1. The number of esters is 1. The summed E-state index contributed by atoms with van der Waals surface area (Å²) in [7, 11) is 0. The molecule has 0 saturated heterocycles. The van der Waals surface area contributed by atoms with Crippen molar-refractivity contribution in [3.8, 4) is 0 Å². The molecule has 0 spiro atoms. The highest BCUT2D eigenvalue weighted by Crippen LogP contribution is 2.22. The summed E-state index contributed by atoms with van der Waals surface area (Å²) in [6.07, 6.45) is 5.88. The van der Waals surface area contributed by atoms with Crippen molar-refractivity contribution in [2.24, 2.45) is 5.92 Å². The number of carbonyl (C=O) groups excluding carboxylic acids is 2. The van der Waals surface area contributed by atoms with Crippen LogP contribution >= 0.6 is 11.6 Å². The molecule has 1 heterocycles. The minimum absolute atomic E-state index is 0.232. The van der Waals surface area contributed by atoms with Gasteiger partial charge < -0.3 is 14.5 Å². The van der Waals surface area contributed by atoms with Gasteiger partial charge in [0.1, 0.15) is 5.58 Å². The molecule has 1 fully saturated rings. The quantitative estimate of drug-likeness (QED) is 0.808. The van der Waals surface area contributed by atoms with Crippen LogP contribution in [0.1, 0.15) is 42.7 Å². The van der Waals surface area contributed by atoms with Crippen LogP contribution in [-0.2, 0) is 9.53 Å². The highest BCUT2D eigenvalue weighted by Gasteiger charge is 2.17.